The Balaban J connectivity index is 1.70. The van der Waals surface area contributed by atoms with Gasteiger partial charge in [-0.2, -0.15) is 11.8 Å². The monoisotopic (exact) mass is 309 g/mol. The van der Waals surface area contributed by atoms with Crippen LogP contribution in [0.15, 0.2) is 0 Å². The molecule has 3 rings (SSSR count). The van der Waals surface area contributed by atoms with Crippen LogP contribution in [0.4, 0.5) is 0 Å². The number of nitrogens with zero attached hydrogens (tertiary/aromatic N) is 2. The first-order valence-corrected chi connectivity index (χ1v) is 9.31. The van der Waals surface area contributed by atoms with Crippen LogP contribution in [0.1, 0.15) is 39.0 Å². The number of amidine groups is 1. The maximum absolute atomic E-state index is 12.2. The van der Waals surface area contributed by atoms with E-state index in [0.29, 0.717) is 18.2 Å². The van der Waals surface area contributed by atoms with E-state index in [-0.39, 0.29) is 11.3 Å². The van der Waals surface area contributed by atoms with Crippen LogP contribution in [0.25, 0.3) is 0 Å². The third kappa shape index (κ3) is 3.00. The molecule has 21 heavy (non-hydrogen) atoms. The van der Waals surface area contributed by atoms with Crippen molar-refractivity contribution in [3.05, 3.63) is 0 Å². The molecule has 3 saturated heterocycles. The van der Waals surface area contributed by atoms with E-state index in [9.17, 15) is 4.79 Å². The summed E-state index contributed by atoms with van der Waals surface area (Å²) in [4.78, 5) is 16.4. The Morgan fingerprint density at radius 1 is 1.33 bits per heavy atom. The molecule has 0 radical (unpaired) electrons. The molecular formula is C16H27N3OS. The van der Waals surface area contributed by atoms with Gasteiger partial charge in [-0.1, -0.05) is 6.92 Å². The average molecular weight is 309 g/mol. The predicted octanol–water partition coefficient (Wildman–Crippen LogP) is 2.44. The Bertz CT molecular complexity index is 415. The molecule has 2 unspecified atom stereocenters. The maximum atomic E-state index is 12.2. The summed E-state index contributed by atoms with van der Waals surface area (Å²) in [5.74, 6) is 3.78. The lowest BCUT2D eigenvalue weighted by atomic mass is 9.67. The van der Waals surface area contributed by atoms with Crippen molar-refractivity contribution in [1.82, 2.24) is 9.80 Å². The molecule has 3 heterocycles. The van der Waals surface area contributed by atoms with Crippen molar-refractivity contribution in [1.29, 1.82) is 5.41 Å². The zero-order valence-electron chi connectivity index (χ0n) is 13.2. The molecule has 4 nitrogen and oxygen atoms in total. The second-order valence-corrected chi connectivity index (χ2v) is 8.41. The van der Waals surface area contributed by atoms with Crippen LogP contribution in [0, 0.1) is 16.7 Å². The van der Waals surface area contributed by atoms with E-state index in [2.05, 4.69) is 23.6 Å². The van der Waals surface area contributed by atoms with Crippen molar-refractivity contribution >= 4 is 23.5 Å². The Hall–Kier alpha value is -0.550. The Labute approximate surface area is 132 Å². The second-order valence-electron chi connectivity index (χ2n) is 7.26. The first kappa shape index (κ1) is 15.3. The highest BCUT2D eigenvalue weighted by Crippen LogP contribution is 2.44. The van der Waals surface area contributed by atoms with Crippen LogP contribution < -0.4 is 0 Å². The number of thioether (sulfide) groups is 1. The van der Waals surface area contributed by atoms with E-state index in [1.807, 2.05) is 0 Å². The highest BCUT2D eigenvalue weighted by Gasteiger charge is 2.44. The Kier molecular flexibility index (Phi) is 4.33. The molecule has 0 aromatic heterocycles. The van der Waals surface area contributed by atoms with Crippen LogP contribution in [-0.4, -0.2) is 59.2 Å². The fourth-order valence-electron chi connectivity index (χ4n) is 4.18. The largest absolute Gasteiger partial charge is 0.304 e. The lowest BCUT2D eigenvalue weighted by Gasteiger charge is -2.47. The van der Waals surface area contributed by atoms with Gasteiger partial charge in [0, 0.05) is 38.2 Å². The van der Waals surface area contributed by atoms with Crippen LogP contribution in [-0.2, 0) is 4.79 Å². The molecule has 0 saturated carbocycles. The van der Waals surface area contributed by atoms with Gasteiger partial charge in [-0.3, -0.25) is 15.1 Å². The number of carbonyl (C=O) groups is 1. The third-order valence-corrected chi connectivity index (χ3v) is 6.91. The number of nitrogens with one attached hydrogen (secondary N) is 1. The highest BCUT2D eigenvalue weighted by molar-refractivity contribution is 7.99. The van der Waals surface area contributed by atoms with Crippen molar-refractivity contribution < 1.29 is 4.79 Å². The fourth-order valence-corrected chi connectivity index (χ4v) is 5.44. The van der Waals surface area contributed by atoms with Gasteiger partial charge in [0.1, 0.15) is 5.84 Å². The number of likely N-dealkylation sites (tertiary alicyclic amines) is 2. The van der Waals surface area contributed by atoms with Crippen LogP contribution in [0.5, 0.6) is 0 Å². The van der Waals surface area contributed by atoms with Crippen molar-refractivity contribution in [3.8, 4) is 0 Å². The van der Waals surface area contributed by atoms with E-state index in [1.165, 1.54) is 42.2 Å². The number of piperidine rings is 2. The van der Waals surface area contributed by atoms with Crippen LogP contribution in [0.2, 0.25) is 0 Å². The van der Waals surface area contributed by atoms with Gasteiger partial charge in [-0.05, 0) is 42.9 Å². The Morgan fingerprint density at radius 3 is 2.81 bits per heavy atom. The highest BCUT2D eigenvalue weighted by atomic mass is 32.2. The third-order valence-electron chi connectivity index (χ3n) is 5.77. The van der Waals surface area contributed by atoms with Gasteiger partial charge in [0.25, 0.3) is 0 Å². The van der Waals surface area contributed by atoms with Crippen molar-refractivity contribution in [2.45, 2.75) is 45.1 Å². The fraction of sp³-hybridized carbons (Fsp3) is 0.875. The molecule has 3 fully saturated rings. The summed E-state index contributed by atoms with van der Waals surface area (Å²) in [7, 11) is 1.74. The quantitative estimate of drug-likeness (QED) is 0.852. The van der Waals surface area contributed by atoms with Gasteiger partial charge in [-0.15, -0.1) is 0 Å². The molecule has 3 atom stereocenters. The minimum Gasteiger partial charge on any atom is -0.304 e. The van der Waals surface area contributed by atoms with E-state index in [4.69, 9.17) is 5.41 Å². The molecule has 0 spiro atoms. The van der Waals surface area contributed by atoms with Crippen LogP contribution >= 0.6 is 11.8 Å². The number of hydrogen-bond donors (Lipinski definition) is 1. The minimum absolute atomic E-state index is 0.00884. The van der Waals surface area contributed by atoms with E-state index < -0.39 is 0 Å². The van der Waals surface area contributed by atoms with Crippen LogP contribution in [0.3, 0.4) is 0 Å². The molecule has 0 aliphatic carbocycles. The zero-order valence-corrected chi connectivity index (χ0v) is 14.0. The first-order chi connectivity index (χ1) is 9.99. The molecule has 3 aliphatic heterocycles. The molecule has 5 heteroatoms. The maximum Gasteiger partial charge on any atom is 0.228 e. The second kappa shape index (κ2) is 5.92. The molecule has 0 aromatic rings. The topological polar surface area (TPSA) is 47.4 Å². The molecule has 0 aromatic carbocycles. The first-order valence-electron chi connectivity index (χ1n) is 8.15. The zero-order chi connectivity index (χ0) is 15.0. The summed E-state index contributed by atoms with van der Waals surface area (Å²) >= 11 is 2.08. The lowest BCUT2D eigenvalue weighted by Crippen LogP contribution is -2.52. The van der Waals surface area contributed by atoms with E-state index in [0.717, 1.165) is 19.0 Å². The summed E-state index contributed by atoms with van der Waals surface area (Å²) in [5.41, 5.74) is -0.00884. The molecular weight excluding hydrogens is 282 g/mol. The van der Waals surface area contributed by atoms with Crippen molar-refractivity contribution in [2.24, 2.45) is 11.3 Å². The molecule has 118 valence electrons. The number of carbonyl (C=O) groups excluding carboxylic acids is 1. The Morgan fingerprint density at radius 2 is 2.14 bits per heavy atom. The predicted molar refractivity (Wildman–Crippen MR) is 87.9 cm³/mol. The minimum atomic E-state index is -0.00884. The van der Waals surface area contributed by atoms with E-state index >= 15 is 0 Å². The summed E-state index contributed by atoms with van der Waals surface area (Å²) in [6.45, 7) is 4.60. The summed E-state index contributed by atoms with van der Waals surface area (Å²) in [5, 5.41) is 8.10. The molecule has 3 aliphatic rings. The standard InChI is InChI=1S/C16H27N3OS/c1-16(8-14(17)18(2)15(20)9-16)12-4-3-6-19(10-12)13-5-7-21-11-13/h12-13,17H,3-11H2,1-2H3/t12?,13?,16-/m0/s1. The molecule has 0 bridgehead atoms. The summed E-state index contributed by atoms with van der Waals surface area (Å²) in [6, 6.07) is 0.753. The van der Waals surface area contributed by atoms with Gasteiger partial charge in [0.05, 0.1) is 0 Å². The lowest BCUT2D eigenvalue weighted by molar-refractivity contribution is -0.132. The number of hydrogen-bond acceptors (Lipinski definition) is 4. The summed E-state index contributed by atoms with van der Waals surface area (Å²) in [6.07, 6.45) is 5.17. The average Bonchev–Trinajstić information content (AvgIpc) is 2.99. The normalized spacial score (nSPS) is 39.0. The van der Waals surface area contributed by atoms with Gasteiger partial charge in [0.2, 0.25) is 5.91 Å². The van der Waals surface area contributed by atoms with Gasteiger partial charge < -0.3 is 4.90 Å². The number of rotatable bonds is 2. The van der Waals surface area contributed by atoms with Gasteiger partial charge in [-0.25, -0.2) is 0 Å². The van der Waals surface area contributed by atoms with Crippen molar-refractivity contribution in [2.75, 3.05) is 31.6 Å². The number of amides is 1. The summed E-state index contributed by atoms with van der Waals surface area (Å²) < 4.78 is 0. The smallest absolute Gasteiger partial charge is 0.228 e. The SMILES string of the molecule is CN1C(=N)C[C@](C)(C2CCCN(C3CCSC3)C2)CC1=O. The van der Waals surface area contributed by atoms with Gasteiger partial charge in [0.15, 0.2) is 0 Å². The van der Waals surface area contributed by atoms with Crippen molar-refractivity contribution in [3.63, 3.8) is 0 Å². The van der Waals surface area contributed by atoms with E-state index in [1.54, 1.807) is 7.05 Å². The van der Waals surface area contributed by atoms with Gasteiger partial charge >= 0.3 is 0 Å². The molecule has 1 amide bonds. The molecule has 1 N–H and O–H groups in total.